The second-order valence-electron chi connectivity index (χ2n) is 6.72. The van der Waals surface area contributed by atoms with Crippen molar-refractivity contribution < 1.29 is 9.59 Å². The lowest BCUT2D eigenvalue weighted by Crippen LogP contribution is -2.35. The van der Waals surface area contributed by atoms with Crippen LogP contribution in [0.2, 0.25) is 0 Å². The molecule has 1 aliphatic heterocycles. The van der Waals surface area contributed by atoms with Crippen LogP contribution in [-0.2, 0) is 16.0 Å². The zero-order valence-electron chi connectivity index (χ0n) is 14.8. The molecule has 1 fully saturated rings. The Morgan fingerprint density at radius 3 is 2.72 bits per heavy atom. The van der Waals surface area contributed by atoms with Crippen LogP contribution in [0.15, 0.2) is 42.5 Å². The minimum atomic E-state index is -0.0506. The fourth-order valence-electron chi connectivity index (χ4n) is 3.25. The largest absolute Gasteiger partial charge is 0.326 e. The molecule has 0 radical (unpaired) electrons. The zero-order chi connectivity index (χ0) is 17.8. The molecule has 2 aromatic rings. The molecule has 0 spiro atoms. The molecule has 130 valence electrons. The van der Waals surface area contributed by atoms with Gasteiger partial charge in [0.25, 0.3) is 0 Å². The second kappa shape index (κ2) is 7.51. The highest BCUT2D eigenvalue weighted by Crippen LogP contribution is 2.27. The van der Waals surface area contributed by atoms with Crippen LogP contribution in [0.5, 0.6) is 0 Å². The van der Waals surface area contributed by atoms with E-state index in [9.17, 15) is 9.59 Å². The Labute approximate surface area is 148 Å². The van der Waals surface area contributed by atoms with Crippen LogP contribution < -0.4 is 10.2 Å². The normalized spacial score (nSPS) is 14.5. The van der Waals surface area contributed by atoms with Gasteiger partial charge in [-0.3, -0.25) is 9.59 Å². The lowest BCUT2D eigenvalue weighted by Gasteiger charge is -2.28. The number of nitrogens with zero attached hydrogens (tertiary/aromatic N) is 1. The molecule has 1 aliphatic rings. The summed E-state index contributed by atoms with van der Waals surface area (Å²) in [4.78, 5) is 26.4. The van der Waals surface area contributed by atoms with Gasteiger partial charge in [-0.15, -0.1) is 0 Å². The van der Waals surface area contributed by atoms with Crippen LogP contribution in [-0.4, -0.2) is 18.4 Å². The third kappa shape index (κ3) is 4.27. The summed E-state index contributed by atoms with van der Waals surface area (Å²) in [5, 5.41) is 2.95. The van der Waals surface area contributed by atoms with Gasteiger partial charge in [-0.05, 0) is 49.9 Å². The van der Waals surface area contributed by atoms with E-state index in [2.05, 4.69) is 5.32 Å². The van der Waals surface area contributed by atoms with Gasteiger partial charge >= 0.3 is 0 Å². The van der Waals surface area contributed by atoms with Crippen molar-refractivity contribution in [2.45, 2.75) is 39.5 Å². The summed E-state index contributed by atoms with van der Waals surface area (Å²) in [5.74, 6) is 0.114. The maximum atomic E-state index is 12.3. The average molecular weight is 336 g/mol. The molecular formula is C21H24N2O2. The summed E-state index contributed by atoms with van der Waals surface area (Å²) in [6.07, 6.45) is 2.92. The van der Waals surface area contributed by atoms with Crippen molar-refractivity contribution >= 4 is 23.2 Å². The van der Waals surface area contributed by atoms with E-state index in [1.807, 2.05) is 61.2 Å². The Morgan fingerprint density at radius 2 is 1.96 bits per heavy atom. The minimum absolute atomic E-state index is 0.0506. The Hall–Kier alpha value is -2.62. The van der Waals surface area contributed by atoms with Gasteiger partial charge < -0.3 is 10.2 Å². The first-order valence-corrected chi connectivity index (χ1v) is 8.79. The van der Waals surface area contributed by atoms with E-state index in [0.717, 1.165) is 47.5 Å². The molecular weight excluding hydrogens is 312 g/mol. The number of rotatable bonds is 4. The van der Waals surface area contributed by atoms with Gasteiger partial charge in [0.05, 0.1) is 6.42 Å². The first-order chi connectivity index (χ1) is 12.0. The lowest BCUT2D eigenvalue weighted by atomic mass is 10.1. The van der Waals surface area contributed by atoms with E-state index in [0.29, 0.717) is 12.8 Å². The predicted octanol–water partition coefficient (Wildman–Crippen LogP) is 4.00. The number of anilines is 2. The number of carbonyl (C=O) groups excluding carboxylic acids is 2. The Balaban J connectivity index is 1.73. The topological polar surface area (TPSA) is 49.4 Å². The monoisotopic (exact) mass is 336 g/mol. The molecule has 0 aromatic heterocycles. The molecule has 3 rings (SSSR count). The fraction of sp³-hybridized carbons (Fsp3) is 0.333. The maximum Gasteiger partial charge on any atom is 0.228 e. The van der Waals surface area contributed by atoms with E-state index in [1.165, 1.54) is 0 Å². The molecule has 0 unspecified atom stereocenters. The van der Waals surface area contributed by atoms with Crippen molar-refractivity contribution in [1.82, 2.24) is 0 Å². The van der Waals surface area contributed by atoms with Crippen LogP contribution >= 0.6 is 0 Å². The number of nitrogens with one attached hydrogen (secondary N) is 1. The van der Waals surface area contributed by atoms with E-state index >= 15 is 0 Å². The van der Waals surface area contributed by atoms with Crippen molar-refractivity contribution in [1.29, 1.82) is 0 Å². The SMILES string of the molecule is Cc1cccc(CC(=O)Nc2ccc(C)c(N3CCCCC3=O)c2)c1. The highest BCUT2D eigenvalue weighted by molar-refractivity contribution is 5.97. The van der Waals surface area contributed by atoms with Crippen LogP contribution in [0.4, 0.5) is 11.4 Å². The summed E-state index contributed by atoms with van der Waals surface area (Å²) in [7, 11) is 0. The van der Waals surface area contributed by atoms with Crippen LogP contribution in [0.25, 0.3) is 0 Å². The molecule has 1 heterocycles. The number of piperidine rings is 1. The van der Waals surface area contributed by atoms with E-state index in [-0.39, 0.29) is 11.8 Å². The van der Waals surface area contributed by atoms with Crippen molar-refractivity contribution in [3.05, 3.63) is 59.2 Å². The number of hydrogen-bond donors (Lipinski definition) is 1. The molecule has 1 N–H and O–H groups in total. The molecule has 0 aliphatic carbocycles. The van der Waals surface area contributed by atoms with Gasteiger partial charge in [-0.25, -0.2) is 0 Å². The summed E-state index contributed by atoms with van der Waals surface area (Å²) in [6.45, 7) is 4.76. The van der Waals surface area contributed by atoms with Crippen molar-refractivity contribution in [3.8, 4) is 0 Å². The number of benzene rings is 2. The second-order valence-corrected chi connectivity index (χ2v) is 6.72. The molecule has 0 saturated carbocycles. The average Bonchev–Trinajstić information content (AvgIpc) is 2.57. The number of hydrogen-bond acceptors (Lipinski definition) is 2. The summed E-state index contributed by atoms with van der Waals surface area (Å²) < 4.78 is 0. The van der Waals surface area contributed by atoms with Crippen LogP contribution in [0, 0.1) is 13.8 Å². The quantitative estimate of drug-likeness (QED) is 0.917. The van der Waals surface area contributed by atoms with Crippen LogP contribution in [0.3, 0.4) is 0 Å². The van der Waals surface area contributed by atoms with Gasteiger partial charge in [0.15, 0.2) is 0 Å². The Morgan fingerprint density at radius 1 is 1.12 bits per heavy atom. The smallest absolute Gasteiger partial charge is 0.228 e. The van der Waals surface area contributed by atoms with Gasteiger partial charge in [0.2, 0.25) is 11.8 Å². The first kappa shape index (κ1) is 17.2. The molecule has 25 heavy (non-hydrogen) atoms. The Kier molecular flexibility index (Phi) is 5.17. The fourth-order valence-corrected chi connectivity index (χ4v) is 3.25. The molecule has 2 aromatic carbocycles. The van der Waals surface area contributed by atoms with E-state index in [1.54, 1.807) is 0 Å². The molecule has 4 nitrogen and oxygen atoms in total. The van der Waals surface area contributed by atoms with Crippen molar-refractivity contribution in [2.24, 2.45) is 0 Å². The van der Waals surface area contributed by atoms with Gasteiger partial charge in [0, 0.05) is 24.3 Å². The van der Waals surface area contributed by atoms with Crippen molar-refractivity contribution in [3.63, 3.8) is 0 Å². The standard InChI is InChI=1S/C21H24N2O2/c1-15-6-5-7-17(12-15)13-20(24)22-18-10-9-16(2)19(14-18)23-11-4-3-8-21(23)25/h5-7,9-10,12,14H,3-4,8,11,13H2,1-2H3,(H,22,24). The minimum Gasteiger partial charge on any atom is -0.326 e. The molecule has 0 bridgehead atoms. The van der Waals surface area contributed by atoms with E-state index in [4.69, 9.17) is 0 Å². The molecule has 0 atom stereocenters. The Bertz CT molecular complexity index is 798. The zero-order valence-corrected chi connectivity index (χ0v) is 14.8. The van der Waals surface area contributed by atoms with Crippen molar-refractivity contribution in [2.75, 3.05) is 16.8 Å². The maximum absolute atomic E-state index is 12.3. The van der Waals surface area contributed by atoms with Gasteiger partial charge in [-0.2, -0.15) is 0 Å². The summed E-state index contributed by atoms with van der Waals surface area (Å²) in [5.41, 5.74) is 4.82. The van der Waals surface area contributed by atoms with Gasteiger partial charge in [-0.1, -0.05) is 35.9 Å². The molecule has 2 amide bonds. The highest BCUT2D eigenvalue weighted by Gasteiger charge is 2.21. The predicted molar refractivity (Wildman–Crippen MR) is 101 cm³/mol. The lowest BCUT2D eigenvalue weighted by molar-refractivity contribution is -0.119. The number of carbonyl (C=O) groups is 2. The molecule has 4 heteroatoms. The van der Waals surface area contributed by atoms with Crippen LogP contribution in [0.1, 0.15) is 36.0 Å². The summed E-state index contributed by atoms with van der Waals surface area (Å²) >= 11 is 0. The third-order valence-corrected chi connectivity index (χ3v) is 4.55. The molecule has 1 saturated heterocycles. The third-order valence-electron chi connectivity index (χ3n) is 4.55. The number of amides is 2. The first-order valence-electron chi connectivity index (χ1n) is 8.79. The number of aryl methyl sites for hydroxylation is 2. The van der Waals surface area contributed by atoms with Gasteiger partial charge in [0.1, 0.15) is 0 Å². The summed E-state index contributed by atoms with van der Waals surface area (Å²) in [6, 6.07) is 13.7. The highest BCUT2D eigenvalue weighted by atomic mass is 16.2. The van der Waals surface area contributed by atoms with E-state index < -0.39 is 0 Å².